The molecule has 0 radical (unpaired) electrons. The Labute approximate surface area is 271 Å². The van der Waals surface area contributed by atoms with Gasteiger partial charge in [0.25, 0.3) is 0 Å². The molecule has 2 heterocycles. The summed E-state index contributed by atoms with van der Waals surface area (Å²) in [6.07, 6.45) is 6.00. The van der Waals surface area contributed by atoms with Crippen molar-refractivity contribution in [2.24, 2.45) is 35.5 Å². The van der Waals surface area contributed by atoms with Crippen LogP contribution in [0.3, 0.4) is 0 Å². The molecule has 0 amide bonds. The summed E-state index contributed by atoms with van der Waals surface area (Å²) in [4.78, 5) is 13.5. The van der Waals surface area contributed by atoms with Crippen LogP contribution >= 0.6 is 0 Å². The summed E-state index contributed by atoms with van der Waals surface area (Å²) in [6, 6.07) is 0. The number of hydrogen-bond donors (Lipinski definition) is 3. The third kappa shape index (κ3) is 9.99. The Bertz CT molecular complexity index is 1080. The van der Waals surface area contributed by atoms with Crippen molar-refractivity contribution in [3.05, 3.63) is 47.3 Å². The van der Waals surface area contributed by atoms with Crippen LogP contribution in [-0.4, -0.2) is 85.0 Å². The highest BCUT2D eigenvalue weighted by atomic mass is 16.6. The first kappa shape index (κ1) is 39.2. The van der Waals surface area contributed by atoms with E-state index in [1.807, 2.05) is 66.7 Å². The van der Waals surface area contributed by atoms with Gasteiger partial charge in [0, 0.05) is 44.3 Å². The Hall–Kier alpha value is -2.01. The molecule has 0 saturated carbocycles. The van der Waals surface area contributed by atoms with Gasteiger partial charge < -0.3 is 39.0 Å². The number of ether oxygens (including phenoxy) is 5. The van der Waals surface area contributed by atoms with Crippen molar-refractivity contribution in [1.82, 2.24) is 0 Å². The van der Waals surface area contributed by atoms with Crippen LogP contribution in [0.15, 0.2) is 47.3 Å². The zero-order valence-electron chi connectivity index (χ0n) is 29.5. The third-order valence-electron chi connectivity index (χ3n) is 9.77. The van der Waals surface area contributed by atoms with Crippen molar-refractivity contribution in [3.8, 4) is 0 Å². The number of allylic oxidation sites excluding steroid dienone is 5. The Morgan fingerprint density at radius 2 is 1.67 bits per heavy atom. The molecule has 0 aliphatic carbocycles. The molecule has 0 unspecified atom stereocenters. The smallest absolute Gasteiger partial charge is 0.373 e. The van der Waals surface area contributed by atoms with E-state index in [0.717, 1.165) is 11.1 Å². The molecule has 0 spiro atoms. The van der Waals surface area contributed by atoms with Crippen molar-refractivity contribution < 1.29 is 43.8 Å². The minimum Gasteiger partial charge on any atom is -0.490 e. The van der Waals surface area contributed by atoms with Gasteiger partial charge in [0.15, 0.2) is 5.79 Å². The predicted molar refractivity (Wildman–Crippen MR) is 175 cm³/mol. The highest BCUT2D eigenvalue weighted by Gasteiger charge is 2.52. The molecule has 12 atom stereocenters. The second-order valence-corrected chi connectivity index (χ2v) is 13.8. The number of aliphatic hydroxyl groups is 3. The normalized spacial score (nSPS) is 40.5. The Morgan fingerprint density at radius 1 is 1.02 bits per heavy atom. The molecule has 0 aromatic rings. The van der Waals surface area contributed by atoms with Gasteiger partial charge in [0.2, 0.25) is 5.76 Å². The second kappa shape index (κ2) is 17.2. The lowest BCUT2D eigenvalue weighted by Gasteiger charge is -2.50. The second-order valence-electron chi connectivity index (χ2n) is 13.8. The van der Waals surface area contributed by atoms with E-state index >= 15 is 0 Å². The van der Waals surface area contributed by atoms with Crippen molar-refractivity contribution >= 4 is 5.97 Å². The van der Waals surface area contributed by atoms with Crippen LogP contribution in [0.4, 0.5) is 0 Å². The maximum absolute atomic E-state index is 13.5. The lowest BCUT2D eigenvalue weighted by atomic mass is 9.76. The quantitative estimate of drug-likeness (QED) is 0.303. The fourth-order valence-corrected chi connectivity index (χ4v) is 6.82. The first-order chi connectivity index (χ1) is 21.0. The molecule has 258 valence electrons. The lowest BCUT2D eigenvalue weighted by molar-refractivity contribution is -0.330. The van der Waals surface area contributed by atoms with Crippen molar-refractivity contribution in [1.29, 1.82) is 0 Å². The number of methoxy groups -OCH3 is 3. The summed E-state index contributed by atoms with van der Waals surface area (Å²) >= 11 is 0. The first-order valence-corrected chi connectivity index (χ1v) is 16.3. The number of esters is 1. The van der Waals surface area contributed by atoms with Crippen LogP contribution in [0.5, 0.6) is 0 Å². The minimum atomic E-state index is -1.67. The monoisotopic (exact) mass is 636 g/mol. The van der Waals surface area contributed by atoms with Crippen molar-refractivity contribution in [2.75, 3.05) is 21.3 Å². The van der Waals surface area contributed by atoms with Crippen LogP contribution in [0, 0.1) is 35.5 Å². The average Bonchev–Trinajstić information content (AvgIpc) is 2.99. The molecule has 0 aromatic heterocycles. The molecular weight excluding hydrogens is 576 g/mol. The topological polar surface area (TPSA) is 124 Å². The summed E-state index contributed by atoms with van der Waals surface area (Å²) in [5, 5.41) is 34.6. The Kier molecular flexibility index (Phi) is 15.0. The molecule has 3 N–H and O–H groups in total. The van der Waals surface area contributed by atoms with E-state index in [1.165, 1.54) is 14.2 Å². The van der Waals surface area contributed by atoms with Crippen molar-refractivity contribution in [2.45, 2.75) is 118 Å². The number of rotatable bonds is 8. The molecule has 1 fully saturated rings. The van der Waals surface area contributed by atoms with Gasteiger partial charge >= 0.3 is 5.97 Å². The third-order valence-corrected chi connectivity index (χ3v) is 9.77. The van der Waals surface area contributed by atoms with Crippen molar-refractivity contribution in [3.63, 3.8) is 0 Å². The maximum atomic E-state index is 13.5. The number of aliphatic hydroxyl groups excluding tert-OH is 2. The van der Waals surface area contributed by atoms with Crippen LogP contribution in [-0.2, 0) is 28.5 Å². The molecule has 0 bridgehead atoms. The number of hydrogen-bond acceptors (Lipinski definition) is 9. The van der Waals surface area contributed by atoms with E-state index in [4.69, 9.17) is 23.7 Å². The van der Waals surface area contributed by atoms with Gasteiger partial charge in [-0.3, -0.25) is 0 Å². The number of carbonyl (C=O) groups is 1. The fourth-order valence-electron chi connectivity index (χ4n) is 6.82. The molecule has 2 aliphatic rings. The van der Waals surface area contributed by atoms with Gasteiger partial charge in [-0.05, 0) is 38.2 Å². The fraction of sp³-hybridized carbons (Fsp3) is 0.750. The van der Waals surface area contributed by atoms with E-state index in [1.54, 1.807) is 33.1 Å². The maximum Gasteiger partial charge on any atom is 0.373 e. The highest BCUT2D eigenvalue weighted by molar-refractivity contribution is 5.87. The van der Waals surface area contributed by atoms with Gasteiger partial charge in [-0.25, -0.2) is 4.79 Å². The first-order valence-electron chi connectivity index (χ1n) is 16.3. The van der Waals surface area contributed by atoms with Crippen LogP contribution in [0.1, 0.15) is 75.2 Å². The molecule has 0 aromatic carbocycles. The summed E-state index contributed by atoms with van der Waals surface area (Å²) < 4.78 is 29.4. The van der Waals surface area contributed by atoms with E-state index in [-0.39, 0.29) is 48.1 Å². The van der Waals surface area contributed by atoms with Gasteiger partial charge in [-0.2, -0.15) is 0 Å². The number of carbonyl (C=O) groups excluding carboxylic acids is 1. The van der Waals surface area contributed by atoms with Gasteiger partial charge in [0.05, 0.1) is 31.5 Å². The molecule has 45 heavy (non-hydrogen) atoms. The van der Waals surface area contributed by atoms with Gasteiger partial charge in [-0.1, -0.05) is 83.9 Å². The predicted octanol–water partition coefficient (Wildman–Crippen LogP) is 5.35. The van der Waals surface area contributed by atoms with Crippen LogP contribution in [0.25, 0.3) is 0 Å². The van der Waals surface area contributed by atoms with Gasteiger partial charge in [-0.15, -0.1) is 0 Å². The van der Waals surface area contributed by atoms with E-state index in [2.05, 4.69) is 0 Å². The molecular formula is C36H60O9. The molecule has 9 nitrogen and oxygen atoms in total. The molecule has 1 saturated heterocycles. The molecule has 9 heteroatoms. The zero-order valence-corrected chi connectivity index (χ0v) is 29.5. The van der Waals surface area contributed by atoms with Crippen LogP contribution < -0.4 is 0 Å². The van der Waals surface area contributed by atoms with Crippen LogP contribution in [0.2, 0.25) is 0 Å². The lowest BCUT2D eigenvalue weighted by Crippen LogP contribution is -2.59. The zero-order chi connectivity index (χ0) is 34.2. The summed E-state index contributed by atoms with van der Waals surface area (Å²) in [5.74, 6) is -3.87. The summed E-state index contributed by atoms with van der Waals surface area (Å²) in [5.41, 5.74) is 1.81. The van der Waals surface area contributed by atoms with Gasteiger partial charge in [0.1, 0.15) is 12.2 Å². The van der Waals surface area contributed by atoms with E-state index in [0.29, 0.717) is 6.42 Å². The summed E-state index contributed by atoms with van der Waals surface area (Å²) in [7, 11) is 4.53. The van der Waals surface area contributed by atoms with E-state index in [9.17, 15) is 20.1 Å². The summed E-state index contributed by atoms with van der Waals surface area (Å²) in [6.45, 7) is 17.4. The molecule has 2 aliphatic heterocycles. The Morgan fingerprint density at radius 3 is 2.22 bits per heavy atom. The van der Waals surface area contributed by atoms with E-state index < -0.39 is 48.0 Å². The average molecular weight is 637 g/mol. The standard InChI is InChI=1S/C36H60O9/c1-20(2)33-25(7)30(43-12)19-36(40,45-33)27(9)32(38)26(8)34-28(41-10)15-13-14-21(3)16-23(5)31(37)24(6)17-22(4)18-29(42-11)35(39)44-34/h13-15,17-18,20,23-28,30-34,37-38,40H,16,19H2,1-12H3/b15-13+,21-14+,22-17-,29-18+/t23-,24+,25-,26-,27-,28-,30+,31-,32+,33+,34-,36+/m0/s1. The molecule has 2 rings (SSSR count). The number of cyclic esters (lactones) is 1. The Balaban J connectivity index is 2.53. The highest BCUT2D eigenvalue weighted by Crippen LogP contribution is 2.42. The minimum absolute atomic E-state index is 0.00358. The SMILES string of the molecule is CO/C1=C/C(C)=C\[C@@H](C)[C@@H](O)[C@@H](C)C/C(C)=C/C=C/[C@H](OC)[C@H]([C@@H](C)[C@@H](O)[C@H](C)[C@@]2(O)C[C@@H](OC)[C@H](C)[C@@H](C(C)C)O2)OC1=O. The largest absolute Gasteiger partial charge is 0.490 e.